The van der Waals surface area contributed by atoms with Gasteiger partial charge in [-0.25, -0.2) is 4.39 Å². The van der Waals surface area contributed by atoms with Crippen LogP contribution in [0.3, 0.4) is 0 Å². The molecule has 2 amide bonds. The van der Waals surface area contributed by atoms with E-state index in [0.29, 0.717) is 34.7 Å². The van der Waals surface area contributed by atoms with E-state index in [1.165, 1.54) is 23.9 Å². The maximum Gasteiger partial charge on any atom is 0.242 e. The lowest BCUT2D eigenvalue weighted by Crippen LogP contribution is -2.50. The van der Waals surface area contributed by atoms with Gasteiger partial charge < -0.3 is 10.2 Å². The van der Waals surface area contributed by atoms with Crippen molar-refractivity contribution in [3.8, 4) is 0 Å². The molecular formula is C24H29Cl2FN2O2S. The zero-order valence-corrected chi connectivity index (χ0v) is 20.9. The van der Waals surface area contributed by atoms with Crippen LogP contribution in [-0.2, 0) is 21.9 Å². The molecular weight excluding hydrogens is 470 g/mol. The van der Waals surface area contributed by atoms with Gasteiger partial charge in [0.2, 0.25) is 11.8 Å². The Morgan fingerprint density at radius 3 is 2.41 bits per heavy atom. The number of halogens is 3. The second-order valence-electron chi connectivity index (χ2n) is 7.94. The number of hydrogen-bond donors (Lipinski definition) is 1. The summed E-state index contributed by atoms with van der Waals surface area (Å²) >= 11 is 13.8. The first-order valence-corrected chi connectivity index (χ1v) is 12.5. The Hall–Kier alpha value is -1.76. The minimum absolute atomic E-state index is 0.158. The number of nitrogens with zero attached hydrogens (tertiary/aromatic N) is 1. The first kappa shape index (κ1) is 26.5. The summed E-state index contributed by atoms with van der Waals surface area (Å²) in [5.74, 6) is 0.434. The molecule has 0 fully saturated rings. The molecule has 32 heavy (non-hydrogen) atoms. The molecule has 0 aliphatic carbocycles. The van der Waals surface area contributed by atoms with Gasteiger partial charge in [-0.05, 0) is 47.7 Å². The van der Waals surface area contributed by atoms with Crippen molar-refractivity contribution in [3.05, 3.63) is 69.5 Å². The van der Waals surface area contributed by atoms with E-state index < -0.39 is 6.04 Å². The highest BCUT2D eigenvalue weighted by atomic mass is 35.5. The molecule has 0 radical (unpaired) electrons. The van der Waals surface area contributed by atoms with Crippen molar-refractivity contribution in [3.63, 3.8) is 0 Å². The summed E-state index contributed by atoms with van der Waals surface area (Å²) in [4.78, 5) is 27.7. The molecule has 0 aromatic heterocycles. The third-order valence-corrected chi connectivity index (χ3v) is 6.41. The largest absolute Gasteiger partial charge is 0.354 e. The lowest BCUT2D eigenvalue weighted by atomic mass is 10.1. The second-order valence-corrected chi connectivity index (χ2v) is 9.77. The van der Waals surface area contributed by atoms with E-state index in [4.69, 9.17) is 23.2 Å². The fraction of sp³-hybridized carbons (Fsp3) is 0.417. The Balaban J connectivity index is 2.15. The molecule has 2 rings (SSSR count). The number of benzene rings is 2. The fourth-order valence-corrected chi connectivity index (χ4v) is 4.43. The maximum absolute atomic E-state index is 13.2. The van der Waals surface area contributed by atoms with E-state index in [-0.39, 0.29) is 29.9 Å². The molecule has 0 heterocycles. The smallest absolute Gasteiger partial charge is 0.242 e. The van der Waals surface area contributed by atoms with Crippen molar-refractivity contribution in [2.75, 3.05) is 12.3 Å². The van der Waals surface area contributed by atoms with Crippen LogP contribution in [0.5, 0.6) is 0 Å². The predicted octanol–water partition coefficient (Wildman–Crippen LogP) is 5.95. The first-order valence-electron chi connectivity index (χ1n) is 10.5. The number of amides is 2. The van der Waals surface area contributed by atoms with Crippen molar-refractivity contribution < 1.29 is 14.0 Å². The monoisotopic (exact) mass is 498 g/mol. The Kier molecular flexibility index (Phi) is 10.8. The molecule has 0 unspecified atom stereocenters. The highest BCUT2D eigenvalue weighted by molar-refractivity contribution is 7.99. The van der Waals surface area contributed by atoms with E-state index in [1.807, 2.05) is 20.8 Å². The number of thioether (sulfide) groups is 1. The summed E-state index contributed by atoms with van der Waals surface area (Å²) in [7, 11) is 0. The molecule has 0 aliphatic heterocycles. The van der Waals surface area contributed by atoms with E-state index >= 15 is 0 Å². The van der Waals surface area contributed by atoms with Gasteiger partial charge in [-0.15, -0.1) is 11.8 Å². The van der Waals surface area contributed by atoms with Crippen LogP contribution < -0.4 is 5.32 Å². The van der Waals surface area contributed by atoms with Gasteiger partial charge in [0.25, 0.3) is 0 Å². The maximum atomic E-state index is 13.2. The van der Waals surface area contributed by atoms with Crippen molar-refractivity contribution >= 4 is 46.8 Å². The number of carbonyl (C=O) groups excluding carboxylic acids is 2. The summed E-state index contributed by atoms with van der Waals surface area (Å²) in [6, 6.07) is 10.7. The van der Waals surface area contributed by atoms with Gasteiger partial charge in [0.05, 0.1) is 5.75 Å². The van der Waals surface area contributed by atoms with E-state index in [1.54, 1.807) is 35.2 Å². The van der Waals surface area contributed by atoms with Crippen LogP contribution in [-0.4, -0.2) is 35.1 Å². The van der Waals surface area contributed by atoms with Crippen molar-refractivity contribution in [2.45, 2.75) is 45.5 Å². The quantitative estimate of drug-likeness (QED) is 0.416. The number of hydrogen-bond acceptors (Lipinski definition) is 3. The fourth-order valence-electron chi connectivity index (χ4n) is 3.10. The van der Waals surface area contributed by atoms with Gasteiger partial charge in [0.1, 0.15) is 11.9 Å². The normalized spacial score (nSPS) is 12.0. The Morgan fingerprint density at radius 2 is 1.81 bits per heavy atom. The molecule has 2 aromatic carbocycles. The zero-order valence-electron chi connectivity index (χ0n) is 18.5. The van der Waals surface area contributed by atoms with Crippen LogP contribution in [0.25, 0.3) is 0 Å². The Morgan fingerprint density at radius 1 is 1.12 bits per heavy atom. The molecule has 1 atom stereocenters. The van der Waals surface area contributed by atoms with Crippen LogP contribution >= 0.6 is 35.0 Å². The summed E-state index contributed by atoms with van der Waals surface area (Å²) < 4.78 is 13.1. The van der Waals surface area contributed by atoms with Gasteiger partial charge in [0.15, 0.2) is 0 Å². The van der Waals surface area contributed by atoms with Crippen LogP contribution in [0.1, 0.15) is 38.3 Å². The molecule has 2 aromatic rings. The minimum atomic E-state index is -0.612. The number of carbonyl (C=O) groups is 2. The van der Waals surface area contributed by atoms with Crippen molar-refractivity contribution in [1.82, 2.24) is 10.2 Å². The van der Waals surface area contributed by atoms with Gasteiger partial charge in [0, 0.05) is 28.9 Å². The summed E-state index contributed by atoms with van der Waals surface area (Å²) in [6.45, 7) is 6.67. The predicted molar refractivity (Wildman–Crippen MR) is 132 cm³/mol. The van der Waals surface area contributed by atoms with Crippen molar-refractivity contribution in [2.24, 2.45) is 5.92 Å². The molecule has 174 valence electrons. The lowest BCUT2D eigenvalue weighted by molar-refractivity contribution is -0.139. The third kappa shape index (κ3) is 8.30. The summed E-state index contributed by atoms with van der Waals surface area (Å²) in [6.07, 6.45) is 0.476. The van der Waals surface area contributed by atoms with Crippen LogP contribution in [0, 0.1) is 11.7 Å². The topological polar surface area (TPSA) is 49.4 Å². The Bertz CT molecular complexity index is 909. The van der Waals surface area contributed by atoms with E-state index in [2.05, 4.69) is 5.32 Å². The lowest BCUT2D eigenvalue weighted by Gasteiger charge is -2.31. The third-order valence-electron chi connectivity index (χ3n) is 4.83. The molecule has 0 saturated heterocycles. The minimum Gasteiger partial charge on any atom is -0.354 e. The number of rotatable bonds is 11. The summed E-state index contributed by atoms with van der Waals surface area (Å²) in [5, 5.41) is 3.89. The van der Waals surface area contributed by atoms with Gasteiger partial charge in [-0.1, -0.05) is 62.2 Å². The van der Waals surface area contributed by atoms with Gasteiger partial charge >= 0.3 is 0 Å². The molecule has 0 aliphatic rings. The molecule has 0 spiro atoms. The average Bonchev–Trinajstić information content (AvgIpc) is 2.74. The molecule has 0 saturated carbocycles. The van der Waals surface area contributed by atoms with Gasteiger partial charge in [-0.2, -0.15) is 0 Å². The Labute approximate surface area is 203 Å². The number of nitrogens with one attached hydrogen (secondary N) is 1. The average molecular weight is 499 g/mol. The molecule has 4 nitrogen and oxygen atoms in total. The van der Waals surface area contributed by atoms with Crippen LogP contribution in [0.4, 0.5) is 4.39 Å². The van der Waals surface area contributed by atoms with E-state index in [9.17, 15) is 14.0 Å². The van der Waals surface area contributed by atoms with E-state index in [0.717, 1.165) is 11.1 Å². The van der Waals surface area contributed by atoms with Crippen LogP contribution in [0.2, 0.25) is 10.0 Å². The SMILES string of the molecule is CC[C@@H](C(=O)NCC(C)C)N(Cc1ccc(Cl)cc1Cl)C(=O)CSCc1ccc(F)cc1. The molecule has 8 heteroatoms. The highest BCUT2D eigenvalue weighted by Gasteiger charge is 2.29. The van der Waals surface area contributed by atoms with Gasteiger partial charge in [-0.3, -0.25) is 9.59 Å². The standard InChI is InChI=1S/C24H29Cl2FN2O2S/c1-4-22(24(31)28-12-16(2)3)29(13-18-7-8-19(25)11-21(18)26)23(30)15-32-14-17-5-9-20(27)10-6-17/h5-11,16,22H,4,12-15H2,1-3H3,(H,28,31)/t22-/m0/s1. The highest BCUT2D eigenvalue weighted by Crippen LogP contribution is 2.24. The molecule has 0 bridgehead atoms. The van der Waals surface area contributed by atoms with Crippen molar-refractivity contribution in [1.29, 1.82) is 0 Å². The summed E-state index contributed by atoms with van der Waals surface area (Å²) in [5.41, 5.74) is 1.65. The molecule has 1 N–H and O–H groups in total. The first-order chi connectivity index (χ1) is 15.2. The zero-order chi connectivity index (χ0) is 23.7. The second kappa shape index (κ2) is 13.1. The van der Waals surface area contributed by atoms with Crippen LogP contribution in [0.15, 0.2) is 42.5 Å².